The first kappa shape index (κ1) is 14.4. The maximum Gasteiger partial charge on any atom is 0.124 e. The van der Waals surface area contributed by atoms with Crippen LogP contribution in [0.5, 0.6) is 5.75 Å². The van der Waals surface area contributed by atoms with Crippen molar-refractivity contribution in [1.82, 2.24) is 0 Å². The van der Waals surface area contributed by atoms with Gasteiger partial charge in [0.2, 0.25) is 0 Å². The molecule has 18 heavy (non-hydrogen) atoms. The largest absolute Gasteiger partial charge is 0.494 e. The summed E-state index contributed by atoms with van der Waals surface area (Å²) in [5.74, 6) is 0.834. The van der Waals surface area contributed by atoms with E-state index in [1.165, 1.54) is 0 Å². The van der Waals surface area contributed by atoms with Gasteiger partial charge >= 0.3 is 0 Å². The number of alkyl halides is 1. The van der Waals surface area contributed by atoms with Crippen molar-refractivity contribution in [3.05, 3.63) is 49.0 Å². The van der Waals surface area contributed by atoms with Crippen LogP contribution < -0.4 is 4.74 Å². The summed E-state index contributed by atoms with van der Waals surface area (Å²) in [6.07, 6.45) is 0. The minimum absolute atomic E-state index is 0.210. The highest BCUT2D eigenvalue weighted by Crippen LogP contribution is 2.41. The molecule has 0 aliphatic heterocycles. The third-order valence-corrected chi connectivity index (χ3v) is 5.43. The maximum atomic E-state index is 6.57. The first-order valence-electron chi connectivity index (χ1n) is 5.42. The normalized spacial score (nSPS) is 12.4. The van der Waals surface area contributed by atoms with Gasteiger partial charge in [-0.1, -0.05) is 15.9 Å². The van der Waals surface area contributed by atoms with Crippen LogP contribution in [0.2, 0.25) is 0 Å². The Labute approximate surface area is 132 Å². The van der Waals surface area contributed by atoms with Crippen LogP contribution >= 0.6 is 54.8 Å². The molecular weight excluding hydrogens is 399 g/mol. The van der Waals surface area contributed by atoms with Gasteiger partial charge in [-0.2, -0.15) is 0 Å². The Morgan fingerprint density at radius 3 is 2.72 bits per heavy atom. The highest BCUT2D eigenvalue weighted by Gasteiger charge is 2.19. The Kier molecular flexibility index (Phi) is 5.13. The highest BCUT2D eigenvalue weighted by molar-refractivity contribution is 9.10. The molecule has 0 radical (unpaired) electrons. The monoisotopic (exact) mass is 408 g/mol. The number of rotatable bonds is 4. The Bertz CT molecular complexity index is 542. The van der Waals surface area contributed by atoms with E-state index in [4.69, 9.17) is 16.3 Å². The molecule has 1 heterocycles. The fourth-order valence-corrected chi connectivity index (χ4v) is 4.18. The van der Waals surface area contributed by atoms with Crippen molar-refractivity contribution in [2.45, 2.75) is 12.3 Å². The molecule has 1 nitrogen and oxygen atoms in total. The number of thiophene rings is 1. The highest BCUT2D eigenvalue weighted by atomic mass is 79.9. The van der Waals surface area contributed by atoms with E-state index in [-0.39, 0.29) is 5.38 Å². The average Bonchev–Trinajstić information content (AvgIpc) is 2.77. The lowest BCUT2D eigenvalue weighted by atomic mass is 10.1. The van der Waals surface area contributed by atoms with E-state index >= 15 is 0 Å². The van der Waals surface area contributed by atoms with Gasteiger partial charge in [-0.3, -0.25) is 0 Å². The van der Waals surface area contributed by atoms with Gasteiger partial charge in [-0.25, -0.2) is 0 Å². The number of ether oxygens (including phenoxy) is 1. The Morgan fingerprint density at radius 1 is 1.33 bits per heavy atom. The van der Waals surface area contributed by atoms with Crippen LogP contribution in [-0.2, 0) is 0 Å². The second-order valence-electron chi connectivity index (χ2n) is 3.61. The summed E-state index contributed by atoms with van der Waals surface area (Å²) in [5.41, 5.74) is 0.982. The molecule has 2 aromatic rings. The topological polar surface area (TPSA) is 9.23 Å². The lowest BCUT2D eigenvalue weighted by Crippen LogP contribution is -1.99. The Morgan fingerprint density at radius 2 is 2.11 bits per heavy atom. The maximum absolute atomic E-state index is 6.57. The second-order valence-corrected chi connectivity index (χ2v) is 6.76. The van der Waals surface area contributed by atoms with Crippen molar-refractivity contribution in [3.63, 3.8) is 0 Å². The van der Waals surface area contributed by atoms with Gasteiger partial charge < -0.3 is 4.74 Å². The zero-order chi connectivity index (χ0) is 13.1. The van der Waals surface area contributed by atoms with E-state index in [1.54, 1.807) is 11.3 Å². The van der Waals surface area contributed by atoms with E-state index < -0.39 is 0 Å². The minimum Gasteiger partial charge on any atom is -0.494 e. The third-order valence-electron chi connectivity index (χ3n) is 2.42. The molecule has 1 aromatic carbocycles. The number of halogens is 3. The first-order valence-corrected chi connectivity index (χ1v) is 8.33. The zero-order valence-electron chi connectivity index (χ0n) is 9.62. The van der Waals surface area contributed by atoms with Crippen LogP contribution in [0.1, 0.15) is 22.7 Å². The van der Waals surface area contributed by atoms with Gasteiger partial charge in [0.25, 0.3) is 0 Å². The molecule has 0 saturated carbocycles. The van der Waals surface area contributed by atoms with Gasteiger partial charge in [-0.15, -0.1) is 22.9 Å². The molecule has 0 bridgehead atoms. The second kappa shape index (κ2) is 6.42. The quantitative estimate of drug-likeness (QED) is 0.562. The lowest BCUT2D eigenvalue weighted by molar-refractivity contribution is 0.337. The minimum atomic E-state index is -0.210. The molecule has 96 valence electrons. The molecule has 5 heteroatoms. The average molecular weight is 411 g/mol. The fourth-order valence-electron chi connectivity index (χ4n) is 1.63. The standard InChI is InChI=1S/C13H11Br2ClOS/c1-2-17-11-4-3-8(14)7-9(11)12(16)13-10(15)5-6-18-13/h3-7,12H,2H2,1H3. The van der Waals surface area contributed by atoms with Crippen molar-refractivity contribution in [3.8, 4) is 5.75 Å². The predicted octanol–water partition coefficient (Wildman–Crippen LogP) is 6.00. The molecular formula is C13H11Br2ClOS. The van der Waals surface area contributed by atoms with Crippen molar-refractivity contribution in [1.29, 1.82) is 0 Å². The molecule has 0 fully saturated rings. The van der Waals surface area contributed by atoms with Gasteiger partial charge in [0.05, 0.1) is 12.0 Å². The van der Waals surface area contributed by atoms with Crippen LogP contribution in [0.15, 0.2) is 38.6 Å². The van der Waals surface area contributed by atoms with E-state index in [0.29, 0.717) is 6.61 Å². The summed E-state index contributed by atoms with van der Waals surface area (Å²) in [7, 11) is 0. The summed E-state index contributed by atoms with van der Waals surface area (Å²) in [6, 6.07) is 7.92. The van der Waals surface area contributed by atoms with Gasteiger partial charge in [0.1, 0.15) is 5.75 Å². The molecule has 0 N–H and O–H groups in total. The zero-order valence-corrected chi connectivity index (χ0v) is 14.4. The van der Waals surface area contributed by atoms with E-state index in [1.807, 2.05) is 36.6 Å². The molecule has 0 aliphatic rings. The Balaban J connectivity index is 2.43. The summed E-state index contributed by atoms with van der Waals surface area (Å²) >= 11 is 15.2. The third kappa shape index (κ3) is 3.10. The van der Waals surface area contributed by atoms with Crippen molar-refractivity contribution >= 4 is 54.8 Å². The lowest BCUT2D eigenvalue weighted by Gasteiger charge is -2.15. The number of benzene rings is 1. The van der Waals surface area contributed by atoms with Crippen molar-refractivity contribution in [2.24, 2.45) is 0 Å². The molecule has 1 atom stereocenters. The summed E-state index contributed by atoms with van der Waals surface area (Å²) < 4.78 is 7.67. The molecule has 1 aromatic heterocycles. The van der Waals surface area contributed by atoms with Crippen LogP contribution in [0.25, 0.3) is 0 Å². The van der Waals surface area contributed by atoms with Crippen LogP contribution in [0, 0.1) is 0 Å². The molecule has 0 saturated heterocycles. The summed E-state index contributed by atoms with van der Waals surface area (Å²) in [6.45, 7) is 2.60. The van der Waals surface area contributed by atoms with Gasteiger partial charge in [0, 0.05) is 19.4 Å². The molecule has 0 aliphatic carbocycles. The van der Waals surface area contributed by atoms with Crippen LogP contribution in [-0.4, -0.2) is 6.61 Å². The molecule has 2 rings (SSSR count). The number of hydrogen-bond acceptors (Lipinski definition) is 2. The fraction of sp³-hybridized carbons (Fsp3) is 0.231. The van der Waals surface area contributed by atoms with E-state index in [2.05, 4.69) is 31.9 Å². The predicted molar refractivity (Wildman–Crippen MR) is 85.0 cm³/mol. The van der Waals surface area contributed by atoms with Gasteiger partial charge in [-0.05, 0) is 52.5 Å². The Hall–Kier alpha value is -0.0300. The molecule has 0 spiro atoms. The van der Waals surface area contributed by atoms with Gasteiger partial charge in [0.15, 0.2) is 0 Å². The number of hydrogen-bond donors (Lipinski definition) is 0. The van der Waals surface area contributed by atoms with E-state index in [0.717, 1.165) is 25.1 Å². The SMILES string of the molecule is CCOc1ccc(Br)cc1C(Cl)c1sccc1Br. The molecule has 0 amide bonds. The van der Waals surface area contributed by atoms with Crippen molar-refractivity contribution < 1.29 is 4.74 Å². The van der Waals surface area contributed by atoms with Crippen LogP contribution in [0.3, 0.4) is 0 Å². The van der Waals surface area contributed by atoms with Crippen molar-refractivity contribution in [2.75, 3.05) is 6.61 Å². The van der Waals surface area contributed by atoms with E-state index in [9.17, 15) is 0 Å². The smallest absolute Gasteiger partial charge is 0.124 e. The first-order chi connectivity index (χ1) is 8.63. The van der Waals surface area contributed by atoms with Crippen LogP contribution in [0.4, 0.5) is 0 Å². The summed E-state index contributed by atoms with van der Waals surface area (Å²) in [4.78, 5) is 1.09. The molecule has 1 unspecified atom stereocenters. The summed E-state index contributed by atoms with van der Waals surface area (Å²) in [5, 5.41) is 1.81.